The normalized spacial score (nSPS) is 15.6. The van der Waals surface area contributed by atoms with Crippen LogP contribution in [0.15, 0.2) is 42.5 Å². The predicted octanol–water partition coefficient (Wildman–Crippen LogP) is 3.38. The van der Waals surface area contributed by atoms with Gasteiger partial charge in [0.1, 0.15) is 5.75 Å². The van der Waals surface area contributed by atoms with Gasteiger partial charge in [0.25, 0.3) is 0 Å². The van der Waals surface area contributed by atoms with Crippen molar-refractivity contribution in [2.45, 2.75) is 26.5 Å². The van der Waals surface area contributed by atoms with Crippen LogP contribution in [0.25, 0.3) is 10.8 Å². The molecule has 178 valence electrons. The van der Waals surface area contributed by atoms with Crippen LogP contribution in [-0.2, 0) is 16.0 Å². The topological polar surface area (TPSA) is 64.9 Å². The Bertz CT molecular complexity index is 1020. The maximum Gasteiger partial charge on any atom is 0.227 e. The van der Waals surface area contributed by atoms with Gasteiger partial charge in [-0.05, 0) is 36.8 Å². The third-order valence-corrected chi connectivity index (χ3v) is 6.02. The number of benzene rings is 2. The standard InChI is InChI=1S/C25H35N5O3/c1-4-31-18-15-30-24(20(2)33-23-10-9-21-7-5-6-8-22(21)19-23)26-27-25(30)28(3)11-12-29-13-16-32-17-14-29/h5-10,19-20H,4,11-18H2,1-3H3. The van der Waals surface area contributed by atoms with Gasteiger partial charge in [0.2, 0.25) is 5.95 Å². The first kappa shape index (κ1) is 23.5. The largest absolute Gasteiger partial charge is 0.483 e. The molecule has 1 aromatic heterocycles. The SMILES string of the molecule is CCOCCn1c(C(C)Oc2ccc3ccccc3c2)nnc1N(C)CCN1CCOCC1. The number of rotatable bonds is 11. The van der Waals surface area contributed by atoms with E-state index in [1.54, 1.807) is 0 Å². The van der Waals surface area contributed by atoms with Crippen LogP contribution in [0.2, 0.25) is 0 Å². The first-order chi connectivity index (χ1) is 16.2. The Morgan fingerprint density at radius 3 is 2.64 bits per heavy atom. The van der Waals surface area contributed by atoms with E-state index in [2.05, 4.69) is 55.9 Å². The second-order valence-electron chi connectivity index (χ2n) is 8.35. The van der Waals surface area contributed by atoms with Crippen LogP contribution in [0.3, 0.4) is 0 Å². The van der Waals surface area contributed by atoms with Gasteiger partial charge in [-0.3, -0.25) is 9.47 Å². The summed E-state index contributed by atoms with van der Waals surface area (Å²) in [6.07, 6.45) is -0.248. The Morgan fingerprint density at radius 1 is 1.06 bits per heavy atom. The summed E-state index contributed by atoms with van der Waals surface area (Å²) in [5.41, 5.74) is 0. The van der Waals surface area contributed by atoms with Crippen LogP contribution in [0, 0.1) is 0 Å². The van der Waals surface area contributed by atoms with Gasteiger partial charge in [-0.1, -0.05) is 30.3 Å². The van der Waals surface area contributed by atoms with Crippen molar-refractivity contribution >= 4 is 16.7 Å². The molecule has 0 amide bonds. The minimum atomic E-state index is -0.248. The molecule has 0 radical (unpaired) electrons. The monoisotopic (exact) mass is 453 g/mol. The number of likely N-dealkylation sites (N-methyl/N-ethyl adjacent to an activating group) is 1. The van der Waals surface area contributed by atoms with Gasteiger partial charge < -0.3 is 19.1 Å². The van der Waals surface area contributed by atoms with E-state index in [1.165, 1.54) is 5.39 Å². The molecule has 0 aliphatic carbocycles. The van der Waals surface area contributed by atoms with Crippen LogP contribution in [-0.4, -0.2) is 79.3 Å². The lowest BCUT2D eigenvalue weighted by molar-refractivity contribution is 0.0392. The molecule has 2 aromatic carbocycles. The van der Waals surface area contributed by atoms with Crippen LogP contribution in [0.4, 0.5) is 5.95 Å². The first-order valence-electron chi connectivity index (χ1n) is 11.8. The first-order valence-corrected chi connectivity index (χ1v) is 11.8. The highest BCUT2D eigenvalue weighted by Crippen LogP contribution is 2.26. The number of nitrogens with zero attached hydrogens (tertiary/aromatic N) is 5. The molecule has 1 unspecified atom stereocenters. The third-order valence-electron chi connectivity index (χ3n) is 6.02. The molecule has 1 aliphatic heterocycles. The highest BCUT2D eigenvalue weighted by atomic mass is 16.5. The lowest BCUT2D eigenvalue weighted by atomic mass is 10.1. The fourth-order valence-electron chi connectivity index (χ4n) is 4.12. The molecule has 2 heterocycles. The zero-order valence-electron chi connectivity index (χ0n) is 19.9. The number of anilines is 1. The lowest BCUT2D eigenvalue weighted by Crippen LogP contribution is -2.41. The molecule has 8 heteroatoms. The lowest BCUT2D eigenvalue weighted by Gasteiger charge is -2.29. The number of fused-ring (bicyclic) bond motifs is 1. The number of morpholine rings is 1. The molecule has 1 atom stereocenters. The van der Waals surface area contributed by atoms with Gasteiger partial charge in [-0.2, -0.15) is 0 Å². The summed E-state index contributed by atoms with van der Waals surface area (Å²) in [6.45, 7) is 11.4. The molecule has 3 aromatic rings. The quantitative estimate of drug-likeness (QED) is 0.413. The van der Waals surface area contributed by atoms with Gasteiger partial charge >= 0.3 is 0 Å². The number of ether oxygens (including phenoxy) is 3. The molecule has 0 saturated carbocycles. The van der Waals surface area contributed by atoms with E-state index in [4.69, 9.17) is 14.2 Å². The molecule has 0 N–H and O–H groups in total. The summed E-state index contributed by atoms with van der Waals surface area (Å²) in [5, 5.41) is 11.4. The highest BCUT2D eigenvalue weighted by Gasteiger charge is 2.22. The van der Waals surface area contributed by atoms with Crippen molar-refractivity contribution < 1.29 is 14.2 Å². The number of aromatic nitrogens is 3. The molecule has 1 aliphatic rings. The average molecular weight is 454 g/mol. The minimum Gasteiger partial charge on any atom is -0.483 e. The van der Waals surface area contributed by atoms with E-state index in [1.807, 2.05) is 32.0 Å². The van der Waals surface area contributed by atoms with E-state index in [0.29, 0.717) is 19.8 Å². The van der Waals surface area contributed by atoms with Crippen molar-refractivity contribution in [1.29, 1.82) is 0 Å². The average Bonchev–Trinajstić information content (AvgIpc) is 3.27. The molecule has 33 heavy (non-hydrogen) atoms. The Kier molecular flexibility index (Phi) is 8.15. The molecule has 0 bridgehead atoms. The molecule has 4 rings (SSSR count). The molecule has 1 saturated heterocycles. The molecule has 8 nitrogen and oxygen atoms in total. The molecule has 1 fully saturated rings. The van der Waals surface area contributed by atoms with Crippen LogP contribution in [0.5, 0.6) is 5.75 Å². The van der Waals surface area contributed by atoms with E-state index < -0.39 is 0 Å². The van der Waals surface area contributed by atoms with Crippen molar-refractivity contribution in [3.63, 3.8) is 0 Å². The maximum absolute atomic E-state index is 6.30. The zero-order valence-corrected chi connectivity index (χ0v) is 19.9. The van der Waals surface area contributed by atoms with Crippen molar-refractivity contribution in [3.8, 4) is 5.75 Å². The summed E-state index contributed by atoms with van der Waals surface area (Å²) in [7, 11) is 2.07. The Morgan fingerprint density at radius 2 is 1.85 bits per heavy atom. The summed E-state index contributed by atoms with van der Waals surface area (Å²) < 4.78 is 19.5. The van der Waals surface area contributed by atoms with Crippen LogP contribution in [0.1, 0.15) is 25.8 Å². The fourth-order valence-corrected chi connectivity index (χ4v) is 4.12. The Hall–Kier alpha value is -2.68. The molecule has 0 spiro atoms. The Labute approximate surface area is 196 Å². The van der Waals surface area contributed by atoms with Gasteiger partial charge in [0, 0.05) is 39.8 Å². The number of hydrogen-bond acceptors (Lipinski definition) is 7. The van der Waals surface area contributed by atoms with E-state index in [-0.39, 0.29) is 6.10 Å². The van der Waals surface area contributed by atoms with Crippen LogP contribution < -0.4 is 9.64 Å². The molecular weight excluding hydrogens is 418 g/mol. The third kappa shape index (κ3) is 6.01. The van der Waals surface area contributed by atoms with Gasteiger partial charge in [0.05, 0.1) is 26.4 Å². The Balaban J connectivity index is 1.48. The predicted molar refractivity (Wildman–Crippen MR) is 130 cm³/mol. The van der Waals surface area contributed by atoms with Gasteiger partial charge in [-0.25, -0.2) is 0 Å². The van der Waals surface area contributed by atoms with E-state index >= 15 is 0 Å². The van der Waals surface area contributed by atoms with Gasteiger partial charge in [0.15, 0.2) is 11.9 Å². The van der Waals surface area contributed by atoms with Crippen molar-refractivity contribution in [1.82, 2.24) is 19.7 Å². The second-order valence-corrected chi connectivity index (χ2v) is 8.35. The summed E-state index contributed by atoms with van der Waals surface area (Å²) in [5.74, 6) is 2.46. The van der Waals surface area contributed by atoms with Crippen molar-refractivity contribution in [3.05, 3.63) is 48.3 Å². The fraction of sp³-hybridized carbons (Fsp3) is 0.520. The maximum atomic E-state index is 6.30. The van der Waals surface area contributed by atoms with Crippen molar-refractivity contribution in [2.24, 2.45) is 0 Å². The summed E-state index contributed by atoms with van der Waals surface area (Å²) in [4.78, 5) is 4.59. The van der Waals surface area contributed by atoms with E-state index in [9.17, 15) is 0 Å². The minimum absolute atomic E-state index is 0.248. The smallest absolute Gasteiger partial charge is 0.227 e. The van der Waals surface area contributed by atoms with Gasteiger partial charge in [-0.15, -0.1) is 10.2 Å². The summed E-state index contributed by atoms with van der Waals surface area (Å²) >= 11 is 0. The molecular formula is C25H35N5O3. The highest BCUT2D eigenvalue weighted by molar-refractivity contribution is 5.83. The number of hydrogen-bond donors (Lipinski definition) is 0. The second kappa shape index (κ2) is 11.4. The van der Waals surface area contributed by atoms with Crippen molar-refractivity contribution in [2.75, 3.05) is 64.6 Å². The zero-order chi connectivity index (χ0) is 23.0. The van der Waals surface area contributed by atoms with Crippen LogP contribution >= 0.6 is 0 Å². The van der Waals surface area contributed by atoms with E-state index in [0.717, 1.165) is 62.3 Å². The summed E-state index contributed by atoms with van der Waals surface area (Å²) in [6, 6.07) is 14.5.